The summed E-state index contributed by atoms with van der Waals surface area (Å²) >= 11 is 0. The predicted molar refractivity (Wildman–Crippen MR) is 124 cm³/mol. The minimum atomic E-state index is -1.03. The zero-order chi connectivity index (χ0) is 25.0. The van der Waals surface area contributed by atoms with E-state index in [0.717, 1.165) is 24.0 Å². The van der Waals surface area contributed by atoms with Crippen molar-refractivity contribution in [2.45, 2.75) is 45.1 Å². The molecule has 1 heterocycles. The Balaban J connectivity index is 1.61. The first-order valence-corrected chi connectivity index (χ1v) is 11.3. The molecule has 0 saturated carbocycles. The maximum atomic E-state index is 12.3. The molecule has 0 aliphatic heterocycles. The third-order valence-corrected chi connectivity index (χ3v) is 5.04. The van der Waals surface area contributed by atoms with Gasteiger partial charge >= 0.3 is 18.1 Å². The molecule has 0 aliphatic carbocycles. The smallest absolute Gasteiger partial charge is 0.481 e. The van der Waals surface area contributed by atoms with Crippen LogP contribution in [0.3, 0.4) is 0 Å². The molecule has 0 bridgehead atoms. The molecule has 0 radical (unpaired) electrons. The minimum Gasteiger partial charge on any atom is -0.481 e. The highest BCUT2D eigenvalue weighted by molar-refractivity contribution is 5.86. The number of ether oxygens (including phenoxy) is 3. The average Bonchev–Trinajstić information content (AvgIpc) is 3.34. The van der Waals surface area contributed by atoms with Gasteiger partial charge < -0.3 is 23.7 Å². The van der Waals surface area contributed by atoms with Crippen LogP contribution >= 0.6 is 0 Å². The topological polar surface area (TPSA) is 125 Å². The molecule has 1 aromatic heterocycles. The van der Waals surface area contributed by atoms with E-state index in [1.54, 1.807) is 24.3 Å². The van der Waals surface area contributed by atoms with Crippen molar-refractivity contribution in [3.63, 3.8) is 0 Å². The quantitative estimate of drug-likeness (QED) is 0.212. The molecule has 0 aliphatic rings. The second-order valence-corrected chi connectivity index (χ2v) is 7.83. The first-order chi connectivity index (χ1) is 16.9. The number of rotatable bonds is 12. The second-order valence-electron chi connectivity index (χ2n) is 7.83. The Morgan fingerprint density at radius 3 is 2.43 bits per heavy atom. The van der Waals surface area contributed by atoms with E-state index in [-0.39, 0.29) is 31.0 Å². The summed E-state index contributed by atoms with van der Waals surface area (Å²) in [5, 5.41) is 9.35. The molecule has 1 unspecified atom stereocenters. The molecule has 0 spiro atoms. The average molecular weight is 482 g/mol. The van der Waals surface area contributed by atoms with Crippen molar-refractivity contribution in [3.05, 3.63) is 83.6 Å². The van der Waals surface area contributed by atoms with Gasteiger partial charge in [0.1, 0.15) is 18.6 Å². The van der Waals surface area contributed by atoms with E-state index in [1.807, 2.05) is 37.3 Å². The van der Waals surface area contributed by atoms with E-state index in [9.17, 15) is 19.5 Å². The lowest BCUT2D eigenvalue weighted by atomic mass is 9.96. The van der Waals surface area contributed by atoms with Gasteiger partial charge in [0.2, 0.25) is 0 Å². The van der Waals surface area contributed by atoms with Crippen LogP contribution in [0.4, 0.5) is 4.79 Å². The lowest BCUT2D eigenvalue weighted by Gasteiger charge is -2.12. The largest absolute Gasteiger partial charge is 0.513 e. The van der Waals surface area contributed by atoms with Crippen molar-refractivity contribution in [2.75, 3.05) is 6.61 Å². The highest BCUT2D eigenvalue weighted by Gasteiger charge is 2.24. The van der Waals surface area contributed by atoms with Gasteiger partial charge in [0.15, 0.2) is 11.6 Å². The molecule has 1 atom stereocenters. The van der Waals surface area contributed by atoms with Crippen molar-refractivity contribution < 1.29 is 38.1 Å². The number of aliphatic carboxylic acids is 1. The van der Waals surface area contributed by atoms with Gasteiger partial charge in [-0.25, -0.2) is 14.6 Å². The number of benzene rings is 2. The number of oxazole rings is 1. The van der Waals surface area contributed by atoms with Crippen LogP contribution in [0, 0.1) is 0 Å². The van der Waals surface area contributed by atoms with Gasteiger partial charge in [-0.15, -0.1) is 0 Å². The van der Waals surface area contributed by atoms with E-state index in [1.165, 1.54) is 6.26 Å². The summed E-state index contributed by atoms with van der Waals surface area (Å²) in [5.74, 6) is -1.88. The number of hydrogen-bond donors (Lipinski definition) is 1. The molecule has 3 rings (SSSR count). The van der Waals surface area contributed by atoms with Crippen LogP contribution in [0.25, 0.3) is 0 Å². The lowest BCUT2D eigenvalue weighted by molar-refractivity contribution is -0.137. The van der Waals surface area contributed by atoms with Crippen molar-refractivity contribution >= 4 is 18.1 Å². The number of esters is 1. The Hall–Kier alpha value is -4.14. The molecule has 2 aromatic carbocycles. The standard InChI is InChI=1S/C26H27NO8/c1-2-3-13-32-26(31)35-21-11-9-18(10-12-21)14-20(15-23(28)29)24-27-22(17-33-24)25(30)34-16-19-7-5-4-6-8-19/h4-12,17,20H,2-3,13-16H2,1H3,(H,28,29). The minimum absolute atomic E-state index is 0.0309. The van der Waals surface area contributed by atoms with Gasteiger partial charge in [0, 0.05) is 0 Å². The van der Waals surface area contributed by atoms with Crippen LogP contribution in [0.5, 0.6) is 5.75 Å². The molecule has 0 saturated heterocycles. The van der Waals surface area contributed by atoms with Crippen LogP contribution < -0.4 is 4.74 Å². The number of carbonyl (C=O) groups excluding carboxylic acids is 2. The number of unbranched alkanes of at least 4 members (excludes halogenated alkanes) is 1. The Kier molecular flexibility index (Phi) is 9.41. The van der Waals surface area contributed by atoms with Gasteiger partial charge in [-0.05, 0) is 36.1 Å². The van der Waals surface area contributed by atoms with Gasteiger partial charge in [0.25, 0.3) is 0 Å². The van der Waals surface area contributed by atoms with Crippen LogP contribution in [0.15, 0.2) is 65.3 Å². The molecule has 1 N–H and O–H groups in total. The summed E-state index contributed by atoms with van der Waals surface area (Å²) in [6.07, 6.45) is 2.08. The van der Waals surface area contributed by atoms with Gasteiger partial charge in [-0.3, -0.25) is 4.79 Å². The van der Waals surface area contributed by atoms with E-state index >= 15 is 0 Å². The third kappa shape index (κ3) is 8.29. The highest BCUT2D eigenvalue weighted by atomic mass is 16.7. The highest BCUT2D eigenvalue weighted by Crippen LogP contribution is 2.26. The Morgan fingerprint density at radius 2 is 1.74 bits per heavy atom. The first kappa shape index (κ1) is 25.5. The number of aromatic nitrogens is 1. The van der Waals surface area contributed by atoms with Crippen molar-refractivity contribution in [1.29, 1.82) is 0 Å². The second kappa shape index (κ2) is 12.9. The molecular formula is C26H27NO8. The van der Waals surface area contributed by atoms with Crippen LogP contribution in [0.1, 0.15) is 59.6 Å². The monoisotopic (exact) mass is 481 g/mol. The maximum absolute atomic E-state index is 12.3. The Bertz CT molecular complexity index is 1110. The van der Waals surface area contributed by atoms with Gasteiger partial charge in [-0.1, -0.05) is 55.8 Å². The van der Waals surface area contributed by atoms with Crippen LogP contribution in [-0.2, 0) is 27.3 Å². The van der Waals surface area contributed by atoms with Crippen molar-refractivity contribution in [2.24, 2.45) is 0 Å². The fourth-order valence-corrected chi connectivity index (χ4v) is 3.23. The number of carboxylic acid groups (broad SMARTS) is 1. The molecule has 9 heteroatoms. The summed E-state index contributed by atoms with van der Waals surface area (Å²) in [4.78, 5) is 39.6. The van der Waals surface area contributed by atoms with Gasteiger partial charge in [-0.2, -0.15) is 0 Å². The molecular weight excluding hydrogens is 454 g/mol. The Morgan fingerprint density at radius 1 is 1.00 bits per heavy atom. The van der Waals surface area contributed by atoms with Crippen LogP contribution in [-0.4, -0.2) is 34.8 Å². The predicted octanol–water partition coefficient (Wildman–Crippen LogP) is 5.15. The first-order valence-electron chi connectivity index (χ1n) is 11.3. The molecule has 35 heavy (non-hydrogen) atoms. The molecule has 9 nitrogen and oxygen atoms in total. The maximum Gasteiger partial charge on any atom is 0.513 e. The summed E-state index contributed by atoms with van der Waals surface area (Å²) in [6, 6.07) is 15.8. The van der Waals surface area contributed by atoms with Crippen molar-refractivity contribution in [1.82, 2.24) is 4.98 Å². The molecule has 0 amide bonds. The molecule has 184 valence electrons. The summed E-state index contributed by atoms with van der Waals surface area (Å²) < 4.78 is 20.8. The summed E-state index contributed by atoms with van der Waals surface area (Å²) in [5.41, 5.74) is 1.57. The van der Waals surface area contributed by atoms with Crippen LogP contribution in [0.2, 0.25) is 0 Å². The third-order valence-electron chi connectivity index (χ3n) is 5.04. The zero-order valence-corrected chi connectivity index (χ0v) is 19.3. The number of nitrogens with zero attached hydrogens (tertiary/aromatic N) is 1. The fraction of sp³-hybridized carbons (Fsp3) is 0.308. The molecule has 0 fully saturated rings. The SMILES string of the molecule is CCCCOC(=O)Oc1ccc(CC(CC(=O)O)c2nc(C(=O)OCc3ccccc3)co2)cc1. The number of carboxylic acids is 1. The lowest BCUT2D eigenvalue weighted by Crippen LogP contribution is -2.12. The van der Waals surface area contributed by atoms with E-state index < -0.39 is 24.0 Å². The summed E-state index contributed by atoms with van der Waals surface area (Å²) in [7, 11) is 0. The van der Waals surface area contributed by atoms with E-state index in [4.69, 9.17) is 18.6 Å². The normalized spacial score (nSPS) is 11.5. The Labute approximate surface area is 202 Å². The zero-order valence-electron chi connectivity index (χ0n) is 19.3. The van der Waals surface area contributed by atoms with Gasteiger partial charge in [0.05, 0.1) is 18.9 Å². The summed E-state index contributed by atoms with van der Waals surface area (Å²) in [6.45, 7) is 2.37. The van der Waals surface area contributed by atoms with E-state index in [2.05, 4.69) is 4.98 Å². The number of carbonyl (C=O) groups is 3. The molecule has 3 aromatic rings. The van der Waals surface area contributed by atoms with E-state index in [0.29, 0.717) is 12.4 Å². The van der Waals surface area contributed by atoms with Crippen molar-refractivity contribution in [3.8, 4) is 5.75 Å². The number of hydrogen-bond acceptors (Lipinski definition) is 8. The fourth-order valence-electron chi connectivity index (χ4n) is 3.23.